The van der Waals surface area contributed by atoms with Gasteiger partial charge >= 0.3 is 0 Å². The summed E-state index contributed by atoms with van der Waals surface area (Å²) >= 11 is 0. The molecule has 1 unspecified atom stereocenters. The van der Waals surface area contributed by atoms with E-state index in [2.05, 4.69) is 45.6 Å². The van der Waals surface area contributed by atoms with Gasteiger partial charge in [0.25, 0.3) is 0 Å². The second-order valence-electron chi connectivity index (χ2n) is 4.85. The van der Waals surface area contributed by atoms with Gasteiger partial charge in [0.1, 0.15) is 0 Å². The number of nitrogens with two attached hydrogens (primary N) is 1. The van der Waals surface area contributed by atoms with E-state index >= 15 is 0 Å². The monoisotopic (exact) mass is 235 g/mol. The molecule has 0 aromatic heterocycles. The predicted octanol–water partition coefficient (Wildman–Crippen LogP) is 4.61. The molecule has 0 spiro atoms. The lowest BCUT2D eigenvalue weighted by Gasteiger charge is -2.34. The number of hydrogen-bond acceptors (Lipinski definition) is 1. The summed E-state index contributed by atoms with van der Waals surface area (Å²) in [5.74, 6) is 0.444. The molecule has 0 amide bonds. The number of rotatable bonds is 9. The Hall–Kier alpha value is -0.820. The van der Waals surface area contributed by atoms with Crippen molar-refractivity contribution in [1.82, 2.24) is 0 Å². The first-order chi connectivity index (χ1) is 8.10. The van der Waals surface area contributed by atoms with Crippen LogP contribution in [0.1, 0.15) is 52.9 Å². The molecule has 0 bridgehead atoms. The van der Waals surface area contributed by atoms with Crippen LogP contribution in [-0.4, -0.2) is 5.54 Å². The Morgan fingerprint density at radius 2 is 1.76 bits per heavy atom. The van der Waals surface area contributed by atoms with Gasteiger partial charge in [0.2, 0.25) is 0 Å². The van der Waals surface area contributed by atoms with Crippen LogP contribution in [0.15, 0.2) is 37.0 Å². The van der Waals surface area contributed by atoms with Crippen molar-refractivity contribution in [3.05, 3.63) is 37.0 Å². The molecule has 1 nitrogen and oxygen atoms in total. The smallest absolute Gasteiger partial charge is 0.0214 e. The van der Waals surface area contributed by atoms with Crippen molar-refractivity contribution in [3.8, 4) is 0 Å². The molecule has 0 fully saturated rings. The lowest BCUT2D eigenvalue weighted by atomic mass is 9.78. The van der Waals surface area contributed by atoms with Crippen LogP contribution in [-0.2, 0) is 0 Å². The van der Waals surface area contributed by atoms with Gasteiger partial charge in [0.05, 0.1) is 0 Å². The Labute approximate surface area is 107 Å². The molecular formula is C16H29N. The fourth-order valence-electron chi connectivity index (χ4n) is 2.24. The highest BCUT2D eigenvalue weighted by molar-refractivity contribution is 5.05. The Kier molecular flexibility index (Phi) is 8.79. The van der Waals surface area contributed by atoms with Crippen LogP contribution in [0.5, 0.6) is 0 Å². The lowest BCUT2D eigenvalue weighted by molar-refractivity contribution is 0.286. The summed E-state index contributed by atoms with van der Waals surface area (Å²) in [5.41, 5.74) is 6.49. The summed E-state index contributed by atoms with van der Waals surface area (Å²) in [7, 11) is 0. The van der Waals surface area contributed by atoms with Gasteiger partial charge in [0, 0.05) is 5.54 Å². The second kappa shape index (κ2) is 9.23. The molecule has 0 heterocycles. The van der Waals surface area contributed by atoms with Crippen molar-refractivity contribution in [2.75, 3.05) is 0 Å². The quantitative estimate of drug-likeness (QED) is 0.458. The zero-order valence-electron chi connectivity index (χ0n) is 11.8. The molecule has 0 aliphatic heterocycles. The normalized spacial score (nSPS) is 14.6. The van der Waals surface area contributed by atoms with Crippen molar-refractivity contribution >= 4 is 0 Å². The molecule has 0 aliphatic carbocycles. The molecule has 17 heavy (non-hydrogen) atoms. The van der Waals surface area contributed by atoms with E-state index in [9.17, 15) is 0 Å². The molecule has 0 saturated heterocycles. The molecule has 98 valence electrons. The summed E-state index contributed by atoms with van der Waals surface area (Å²) in [5, 5.41) is 0. The Bertz CT molecular complexity index is 244. The van der Waals surface area contributed by atoms with E-state index in [0.717, 1.165) is 32.1 Å². The Morgan fingerprint density at radius 1 is 1.18 bits per heavy atom. The van der Waals surface area contributed by atoms with Crippen LogP contribution in [0.25, 0.3) is 0 Å². The third-order valence-electron chi connectivity index (χ3n) is 3.31. The predicted molar refractivity (Wildman–Crippen MR) is 79.0 cm³/mol. The third kappa shape index (κ3) is 6.48. The first-order valence-electron chi connectivity index (χ1n) is 6.83. The van der Waals surface area contributed by atoms with E-state index < -0.39 is 0 Å². The molecule has 0 aromatic carbocycles. The maximum atomic E-state index is 6.52. The summed E-state index contributed by atoms with van der Waals surface area (Å²) in [6.07, 6.45) is 15.8. The third-order valence-corrected chi connectivity index (χ3v) is 3.31. The SMILES string of the molecule is C=C/C=C\C/C=C\C(C)C(N)(CCC)CCC. The minimum atomic E-state index is -0.0256. The van der Waals surface area contributed by atoms with Gasteiger partial charge in [-0.25, -0.2) is 0 Å². The second-order valence-corrected chi connectivity index (χ2v) is 4.85. The Balaban J connectivity index is 4.35. The zero-order valence-corrected chi connectivity index (χ0v) is 11.8. The van der Waals surface area contributed by atoms with Crippen molar-refractivity contribution in [3.63, 3.8) is 0 Å². The van der Waals surface area contributed by atoms with Gasteiger partial charge in [-0.15, -0.1) is 0 Å². The van der Waals surface area contributed by atoms with E-state index in [4.69, 9.17) is 5.73 Å². The minimum absolute atomic E-state index is 0.0256. The van der Waals surface area contributed by atoms with E-state index in [1.54, 1.807) is 6.08 Å². The zero-order chi connectivity index (χ0) is 13.1. The maximum Gasteiger partial charge on any atom is 0.0214 e. The molecule has 0 saturated carbocycles. The van der Waals surface area contributed by atoms with Crippen molar-refractivity contribution in [1.29, 1.82) is 0 Å². The highest BCUT2D eigenvalue weighted by Crippen LogP contribution is 2.26. The van der Waals surface area contributed by atoms with Crippen molar-refractivity contribution < 1.29 is 0 Å². The molecule has 1 heteroatoms. The van der Waals surface area contributed by atoms with Gasteiger partial charge in [-0.2, -0.15) is 0 Å². The number of allylic oxidation sites excluding steroid dienone is 4. The average Bonchev–Trinajstić information content (AvgIpc) is 2.29. The molecule has 0 radical (unpaired) electrons. The van der Waals surface area contributed by atoms with Gasteiger partial charge in [-0.05, 0) is 25.2 Å². The highest BCUT2D eigenvalue weighted by Gasteiger charge is 2.27. The minimum Gasteiger partial charge on any atom is -0.325 e. The molecule has 1 atom stereocenters. The fraction of sp³-hybridized carbons (Fsp3) is 0.625. The van der Waals surface area contributed by atoms with E-state index in [0.29, 0.717) is 5.92 Å². The molecule has 0 aliphatic rings. The molecule has 0 rings (SSSR count). The average molecular weight is 235 g/mol. The molecule has 2 N–H and O–H groups in total. The fourth-order valence-corrected chi connectivity index (χ4v) is 2.24. The van der Waals surface area contributed by atoms with Crippen LogP contribution < -0.4 is 5.73 Å². The standard InChI is InChI=1S/C16H29N/c1-5-8-9-10-11-12-15(4)16(17,13-6-2)14-7-3/h5,8-9,11-12,15H,1,6-7,10,13-14,17H2,2-4H3/b9-8-,12-11-. The first-order valence-corrected chi connectivity index (χ1v) is 6.83. The van der Waals surface area contributed by atoms with Crippen molar-refractivity contribution in [2.24, 2.45) is 11.7 Å². The van der Waals surface area contributed by atoms with Gasteiger partial charge in [-0.3, -0.25) is 0 Å². The van der Waals surface area contributed by atoms with Crippen LogP contribution in [0.3, 0.4) is 0 Å². The van der Waals surface area contributed by atoms with Gasteiger partial charge < -0.3 is 5.73 Å². The summed E-state index contributed by atoms with van der Waals surface area (Å²) in [6.45, 7) is 10.3. The molecular weight excluding hydrogens is 206 g/mol. The van der Waals surface area contributed by atoms with Crippen LogP contribution in [0, 0.1) is 5.92 Å². The van der Waals surface area contributed by atoms with Crippen LogP contribution >= 0.6 is 0 Å². The maximum absolute atomic E-state index is 6.52. The van der Waals surface area contributed by atoms with Gasteiger partial charge in [0.15, 0.2) is 0 Å². The van der Waals surface area contributed by atoms with E-state index in [1.807, 2.05) is 6.08 Å². The lowest BCUT2D eigenvalue weighted by Crippen LogP contribution is -2.45. The van der Waals surface area contributed by atoms with Crippen molar-refractivity contribution in [2.45, 2.75) is 58.4 Å². The first kappa shape index (κ1) is 16.2. The van der Waals surface area contributed by atoms with E-state index in [-0.39, 0.29) is 5.54 Å². The summed E-state index contributed by atoms with van der Waals surface area (Å²) in [4.78, 5) is 0. The highest BCUT2D eigenvalue weighted by atomic mass is 14.7. The van der Waals surface area contributed by atoms with Crippen LogP contribution in [0.4, 0.5) is 0 Å². The molecule has 0 aromatic rings. The topological polar surface area (TPSA) is 26.0 Å². The Morgan fingerprint density at radius 3 is 2.24 bits per heavy atom. The largest absolute Gasteiger partial charge is 0.325 e. The van der Waals surface area contributed by atoms with E-state index in [1.165, 1.54) is 0 Å². The summed E-state index contributed by atoms with van der Waals surface area (Å²) in [6, 6.07) is 0. The summed E-state index contributed by atoms with van der Waals surface area (Å²) < 4.78 is 0. The number of hydrogen-bond donors (Lipinski definition) is 1. The van der Waals surface area contributed by atoms with Gasteiger partial charge in [-0.1, -0.05) is 70.6 Å². The van der Waals surface area contributed by atoms with Crippen LogP contribution in [0.2, 0.25) is 0 Å².